The number of carboxylic acid groups (broad SMARTS) is 1. The Bertz CT molecular complexity index is 1090. The molecule has 3 aromatic rings. The molecule has 0 spiro atoms. The van der Waals surface area contributed by atoms with Crippen LogP contribution in [0.1, 0.15) is 87.8 Å². The Hall–Kier alpha value is -2.79. The van der Waals surface area contributed by atoms with Crippen LogP contribution in [0.15, 0.2) is 48.5 Å². The Morgan fingerprint density at radius 2 is 1.63 bits per heavy atom. The van der Waals surface area contributed by atoms with Crippen molar-refractivity contribution in [1.29, 1.82) is 0 Å². The second-order valence-electron chi connectivity index (χ2n) is 10.5. The molecule has 1 aromatic heterocycles. The van der Waals surface area contributed by atoms with Gasteiger partial charge < -0.3 is 19.5 Å². The first-order valence-electron chi connectivity index (χ1n) is 13.0. The van der Waals surface area contributed by atoms with Gasteiger partial charge in [0.1, 0.15) is 24.2 Å². The highest BCUT2D eigenvalue weighted by Gasteiger charge is 2.30. The molecule has 0 fully saturated rings. The minimum Gasteiger partial charge on any atom is -0.491 e. The van der Waals surface area contributed by atoms with Gasteiger partial charge in [-0.15, -0.1) is 0 Å². The first-order valence-corrected chi connectivity index (χ1v) is 13.0. The van der Waals surface area contributed by atoms with E-state index in [9.17, 15) is 15.0 Å². The van der Waals surface area contributed by atoms with E-state index in [0.717, 1.165) is 22.9 Å². The molecule has 1 atom stereocenters. The molecular formula is C30H41NO4. The van der Waals surface area contributed by atoms with Gasteiger partial charge >= 0.3 is 5.97 Å². The number of para-hydroxylation sites is 1. The van der Waals surface area contributed by atoms with E-state index in [1.165, 1.54) is 44.1 Å². The number of aliphatic hydroxyl groups is 1. The summed E-state index contributed by atoms with van der Waals surface area (Å²) >= 11 is 0. The predicted molar refractivity (Wildman–Crippen MR) is 143 cm³/mol. The van der Waals surface area contributed by atoms with Crippen LogP contribution in [0.2, 0.25) is 0 Å². The van der Waals surface area contributed by atoms with E-state index in [4.69, 9.17) is 4.74 Å². The van der Waals surface area contributed by atoms with Crippen molar-refractivity contribution in [3.8, 4) is 5.75 Å². The van der Waals surface area contributed by atoms with Crippen LogP contribution >= 0.6 is 0 Å². The SMILES string of the molecule is CCCCCCCCc1ccc(OCC(O)Cn2c(C(=O)O)c(C(C)(C)C)c3ccccc32)cc1. The van der Waals surface area contributed by atoms with E-state index >= 15 is 0 Å². The van der Waals surface area contributed by atoms with Gasteiger partial charge in [-0.2, -0.15) is 0 Å². The van der Waals surface area contributed by atoms with Crippen LogP contribution in [-0.2, 0) is 18.4 Å². The van der Waals surface area contributed by atoms with Crippen LogP contribution < -0.4 is 4.74 Å². The van der Waals surface area contributed by atoms with Gasteiger partial charge in [-0.3, -0.25) is 0 Å². The largest absolute Gasteiger partial charge is 0.491 e. The summed E-state index contributed by atoms with van der Waals surface area (Å²) in [5, 5.41) is 21.7. The molecule has 190 valence electrons. The van der Waals surface area contributed by atoms with Gasteiger partial charge in [-0.05, 0) is 47.6 Å². The smallest absolute Gasteiger partial charge is 0.352 e. The summed E-state index contributed by atoms with van der Waals surface area (Å²) in [4.78, 5) is 12.3. The standard InChI is InChI=1S/C30H41NO4/c1-5-6-7-8-9-10-13-22-16-18-24(19-17-22)35-21-23(32)20-31-26-15-12-11-14-25(26)27(30(2,3)4)28(31)29(33)34/h11-12,14-19,23,32H,5-10,13,20-21H2,1-4H3,(H,33,34). The zero-order chi connectivity index (χ0) is 25.4. The molecule has 3 rings (SSSR count). The van der Waals surface area contributed by atoms with E-state index < -0.39 is 12.1 Å². The number of benzene rings is 2. The summed E-state index contributed by atoms with van der Waals surface area (Å²) in [5.74, 6) is -0.276. The third-order valence-corrected chi connectivity index (χ3v) is 6.50. The molecule has 35 heavy (non-hydrogen) atoms. The highest BCUT2D eigenvalue weighted by molar-refractivity contribution is 5.99. The molecule has 0 bridgehead atoms. The van der Waals surface area contributed by atoms with Crippen molar-refractivity contribution >= 4 is 16.9 Å². The quantitative estimate of drug-likeness (QED) is 0.259. The number of aromatic nitrogens is 1. The lowest BCUT2D eigenvalue weighted by Crippen LogP contribution is -2.26. The first kappa shape index (κ1) is 26.8. The topological polar surface area (TPSA) is 71.7 Å². The van der Waals surface area contributed by atoms with Gasteiger partial charge in [0.25, 0.3) is 0 Å². The zero-order valence-electron chi connectivity index (χ0n) is 21.7. The number of aryl methyl sites for hydroxylation is 1. The number of hydrogen-bond donors (Lipinski definition) is 2. The Labute approximate surface area is 209 Å². The molecule has 0 aliphatic carbocycles. The Balaban J connectivity index is 1.62. The predicted octanol–water partition coefficient (Wildman–Crippen LogP) is 6.98. The molecule has 2 N–H and O–H groups in total. The van der Waals surface area contributed by atoms with Crippen LogP contribution in [0.4, 0.5) is 0 Å². The summed E-state index contributed by atoms with van der Waals surface area (Å²) in [5.41, 5.74) is 2.78. The number of fused-ring (bicyclic) bond motifs is 1. The number of ether oxygens (including phenoxy) is 1. The Morgan fingerprint density at radius 1 is 0.971 bits per heavy atom. The summed E-state index contributed by atoms with van der Waals surface area (Å²) in [6, 6.07) is 15.8. The molecular weight excluding hydrogens is 438 g/mol. The maximum Gasteiger partial charge on any atom is 0.352 e. The molecule has 5 heteroatoms. The molecule has 0 saturated carbocycles. The van der Waals surface area contributed by atoms with Gasteiger partial charge in [0.05, 0.1) is 6.54 Å². The summed E-state index contributed by atoms with van der Waals surface area (Å²) in [6.07, 6.45) is 7.94. The van der Waals surface area contributed by atoms with Crippen LogP contribution in [0.5, 0.6) is 5.75 Å². The minimum atomic E-state index is -0.986. The van der Waals surface area contributed by atoms with Crippen molar-refractivity contribution in [2.45, 2.75) is 90.7 Å². The second kappa shape index (κ2) is 12.3. The molecule has 1 unspecified atom stereocenters. The number of hydrogen-bond acceptors (Lipinski definition) is 3. The van der Waals surface area contributed by atoms with Gasteiger partial charge in [0.2, 0.25) is 0 Å². The number of carbonyl (C=O) groups is 1. The van der Waals surface area contributed by atoms with Gasteiger partial charge in [0.15, 0.2) is 0 Å². The minimum absolute atomic E-state index is 0.0905. The third-order valence-electron chi connectivity index (χ3n) is 6.50. The third kappa shape index (κ3) is 7.11. The lowest BCUT2D eigenvalue weighted by molar-refractivity contribution is 0.0665. The van der Waals surface area contributed by atoms with Crippen molar-refractivity contribution in [3.05, 3.63) is 65.4 Å². The van der Waals surface area contributed by atoms with E-state index in [2.05, 4.69) is 19.1 Å². The summed E-state index contributed by atoms with van der Waals surface area (Å²) in [7, 11) is 0. The lowest BCUT2D eigenvalue weighted by atomic mass is 9.84. The molecule has 0 saturated heterocycles. The molecule has 0 amide bonds. The first-order chi connectivity index (χ1) is 16.7. The van der Waals surface area contributed by atoms with Crippen LogP contribution in [0.3, 0.4) is 0 Å². The average Bonchev–Trinajstić information content (AvgIpc) is 3.16. The fourth-order valence-electron chi connectivity index (χ4n) is 4.79. The maximum absolute atomic E-state index is 12.3. The van der Waals surface area contributed by atoms with E-state index in [1.54, 1.807) is 4.57 Å². The number of rotatable bonds is 13. The van der Waals surface area contributed by atoms with E-state index in [-0.39, 0.29) is 24.3 Å². The molecule has 5 nitrogen and oxygen atoms in total. The fraction of sp³-hybridized carbons (Fsp3) is 0.500. The number of aliphatic hydroxyl groups excluding tert-OH is 1. The van der Waals surface area contributed by atoms with Gasteiger partial charge in [-0.25, -0.2) is 4.79 Å². The van der Waals surface area contributed by atoms with E-state index in [1.807, 2.05) is 57.2 Å². The number of carboxylic acids is 1. The normalized spacial score (nSPS) is 12.7. The molecule has 0 radical (unpaired) electrons. The van der Waals surface area contributed by atoms with Gasteiger partial charge in [-0.1, -0.05) is 90.1 Å². The average molecular weight is 480 g/mol. The van der Waals surface area contributed by atoms with E-state index in [0.29, 0.717) is 5.75 Å². The Morgan fingerprint density at radius 3 is 2.29 bits per heavy atom. The van der Waals surface area contributed by atoms with Crippen molar-refractivity contribution < 1.29 is 19.7 Å². The lowest BCUT2D eigenvalue weighted by Gasteiger charge is -2.20. The van der Waals surface area contributed by atoms with Crippen molar-refractivity contribution in [2.75, 3.05) is 6.61 Å². The zero-order valence-corrected chi connectivity index (χ0v) is 21.7. The monoisotopic (exact) mass is 479 g/mol. The van der Waals surface area contributed by atoms with Crippen molar-refractivity contribution in [1.82, 2.24) is 4.57 Å². The van der Waals surface area contributed by atoms with Crippen LogP contribution in [0.25, 0.3) is 10.9 Å². The summed E-state index contributed by atoms with van der Waals surface area (Å²) in [6.45, 7) is 8.52. The maximum atomic E-state index is 12.3. The molecule has 1 heterocycles. The number of nitrogens with zero attached hydrogens (tertiary/aromatic N) is 1. The fourth-order valence-corrected chi connectivity index (χ4v) is 4.79. The molecule has 2 aromatic carbocycles. The Kier molecular flexibility index (Phi) is 9.39. The molecule has 0 aliphatic rings. The highest BCUT2D eigenvalue weighted by atomic mass is 16.5. The number of unbranched alkanes of at least 4 members (excludes halogenated alkanes) is 5. The van der Waals surface area contributed by atoms with Crippen LogP contribution in [-0.4, -0.2) is 33.5 Å². The van der Waals surface area contributed by atoms with Crippen LogP contribution in [0, 0.1) is 0 Å². The van der Waals surface area contributed by atoms with Crippen molar-refractivity contribution in [3.63, 3.8) is 0 Å². The molecule has 0 aliphatic heterocycles. The second-order valence-corrected chi connectivity index (χ2v) is 10.5. The summed E-state index contributed by atoms with van der Waals surface area (Å²) < 4.78 is 7.56. The van der Waals surface area contributed by atoms with Gasteiger partial charge in [0, 0.05) is 10.9 Å². The number of aromatic carboxylic acids is 1. The van der Waals surface area contributed by atoms with Crippen molar-refractivity contribution in [2.24, 2.45) is 0 Å². The highest BCUT2D eigenvalue weighted by Crippen LogP contribution is 2.36.